The first-order chi connectivity index (χ1) is 28.2. The lowest BCUT2D eigenvalue weighted by atomic mass is 9.79. The molecular weight excluding hydrogens is 757 g/mol. The molecule has 0 spiro atoms. The Morgan fingerprint density at radius 1 is 0.881 bits per heavy atom. The minimum absolute atomic E-state index is 0.186. The van der Waals surface area contributed by atoms with E-state index in [9.17, 15) is 19.8 Å². The van der Waals surface area contributed by atoms with Gasteiger partial charge in [0, 0.05) is 49.3 Å². The van der Waals surface area contributed by atoms with Crippen LogP contribution in [0.4, 0.5) is 0 Å². The average Bonchev–Trinajstić information content (AvgIpc) is 3.23. The Bertz CT molecular complexity index is 1980. The summed E-state index contributed by atoms with van der Waals surface area (Å²) in [6.07, 6.45) is 4.77. The number of benzene rings is 3. The molecule has 14 heteroatoms. The predicted octanol–water partition coefficient (Wildman–Crippen LogP) is 5.65. The van der Waals surface area contributed by atoms with Crippen LogP contribution in [0.2, 0.25) is 0 Å². The summed E-state index contributed by atoms with van der Waals surface area (Å²) in [4.78, 5) is 37.9. The Labute approximate surface area is 346 Å². The van der Waals surface area contributed by atoms with Gasteiger partial charge in [-0.25, -0.2) is 0 Å². The van der Waals surface area contributed by atoms with Crippen LogP contribution in [-0.4, -0.2) is 88.1 Å². The number of carbonyl (C=O) groups excluding carboxylic acids is 1. The fourth-order valence-corrected chi connectivity index (χ4v) is 6.51. The number of primary amides is 1. The molecule has 1 aliphatic heterocycles. The zero-order valence-corrected chi connectivity index (χ0v) is 34.8. The van der Waals surface area contributed by atoms with Crippen LogP contribution in [0.25, 0.3) is 11.1 Å². The number of aliphatic hydroxyl groups is 2. The number of hydrogen-bond acceptors (Lipinski definition) is 11. The number of likely N-dealkylation sites (tertiary alicyclic amines) is 1. The molecule has 14 nitrogen and oxygen atoms in total. The number of aryl methyl sites for hydroxylation is 1. The van der Waals surface area contributed by atoms with Crippen LogP contribution >= 0.6 is 0 Å². The van der Waals surface area contributed by atoms with Crippen LogP contribution in [0, 0.1) is 32.1 Å². The van der Waals surface area contributed by atoms with Crippen LogP contribution in [0.15, 0.2) is 67.0 Å². The topological polar surface area (TPSA) is 228 Å². The van der Waals surface area contributed by atoms with Crippen molar-refractivity contribution in [1.82, 2.24) is 9.88 Å². The molecule has 0 aliphatic carbocycles. The highest BCUT2D eigenvalue weighted by atomic mass is 16.5. The summed E-state index contributed by atoms with van der Waals surface area (Å²) in [5, 5.41) is 34.2. The number of aliphatic hydroxyl groups excluding tert-OH is 2. The summed E-state index contributed by atoms with van der Waals surface area (Å²) in [5.74, 6) is 1.09. The number of carbonyl (C=O) groups is 3. The quantitative estimate of drug-likeness (QED) is 0.0560. The third-order valence-corrected chi connectivity index (χ3v) is 10.3. The summed E-state index contributed by atoms with van der Waals surface area (Å²) in [5.41, 5.74) is 18.6. The summed E-state index contributed by atoms with van der Waals surface area (Å²) in [7, 11) is 0. The van der Waals surface area contributed by atoms with Crippen molar-refractivity contribution in [3.8, 4) is 28.4 Å². The van der Waals surface area contributed by atoms with Gasteiger partial charge in [0.25, 0.3) is 6.47 Å². The second-order valence-electron chi connectivity index (χ2n) is 14.9. The zero-order chi connectivity index (χ0) is 43.5. The number of carboxylic acids is 1. The molecule has 5 rings (SSSR count). The number of piperidine rings is 1. The number of ether oxygens (including phenoxy) is 3. The van der Waals surface area contributed by atoms with Crippen molar-refractivity contribution >= 4 is 18.3 Å². The molecule has 1 aliphatic rings. The first-order valence-electron chi connectivity index (χ1n) is 19.6. The summed E-state index contributed by atoms with van der Waals surface area (Å²) in [6, 6.07) is 17.8. The monoisotopic (exact) mass is 816 g/mol. The second-order valence-corrected chi connectivity index (χ2v) is 14.9. The van der Waals surface area contributed by atoms with Crippen molar-refractivity contribution in [1.29, 1.82) is 0 Å². The summed E-state index contributed by atoms with van der Waals surface area (Å²) < 4.78 is 18.7. The molecule has 0 atom stereocenters. The Morgan fingerprint density at radius 2 is 1.51 bits per heavy atom. The van der Waals surface area contributed by atoms with Gasteiger partial charge >= 0.3 is 5.97 Å². The number of aromatic nitrogens is 1. The van der Waals surface area contributed by atoms with E-state index in [1.165, 1.54) is 6.20 Å². The van der Waals surface area contributed by atoms with Gasteiger partial charge in [-0.3, -0.25) is 19.4 Å². The Balaban J connectivity index is 0.00000107. The molecule has 1 amide bonds. The van der Waals surface area contributed by atoms with Crippen LogP contribution < -0.4 is 25.7 Å². The highest BCUT2D eigenvalue weighted by Gasteiger charge is 2.40. The van der Waals surface area contributed by atoms with E-state index in [1.54, 1.807) is 12.3 Å². The Morgan fingerprint density at radius 3 is 2.10 bits per heavy atom. The molecule has 320 valence electrons. The van der Waals surface area contributed by atoms with E-state index >= 15 is 0 Å². The average molecular weight is 817 g/mol. The van der Waals surface area contributed by atoms with E-state index in [0.29, 0.717) is 80.8 Å². The zero-order valence-electron chi connectivity index (χ0n) is 34.8. The minimum Gasteiger partial charge on any atom is -0.493 e. The first kappa shape index (κ1) is 47.8. The molecule has 1 fully saturated rings. The van der Waals surface area contributed by atoms with Gasteiger partial charge in [-0.1, -0.05) is 44.2 Å². The van der Waals surface area contributed by atoms with Crippen molar-refractivity contribution in [3.05, 3.63) is 106 Å². The molecule has 1 saturated heterocycles. The number of aliphatic carboxylic acids is 1. The van der Waals surface area contributed by atoms with Gasteiger partial charge in [-0.2, -0.15) is 0 Å². The second kappa shape index (κ2) is 23.8. The summed E-state index contributed by atoms with van der Waals surface area (Å²) in [6.45, 7) is 13.3. The highest BCUT2D eigenvalue weighted by Crippen LogP contribution is 2.35. The molecular formula is C45H60N4O10. The molecule has 0 saturated carbocycles. The third kappa shape index (κ3) is 13.8. The van der Waals surface area contributed by atoms with Crippen molar-refractivity contribution in [2.45, 2.75) is 73.6 Å². The maximum atomic E-state index is 11.6. The molecule has 8 N–H and O–H groups in total. The molecule has 0 radical (unpaired) electrons. The summed E-state index contributed by atoms with van der Waals surface area (Å²) >= 11 is 0. The smallest absolute Gasteiger partial charge is 0.312 e. The van der Waals surface area contributed by atoms with Gasteiger partial charge in [-0.05, 0) is 111 Å². The molecule has 59 heavy (non-hydrogen) atoms. The van der Waals surface area contributed by atoms with Gasteiger partial charge in [-0.15, -0.1) is 0 Å². The molecule has 4 aromatic rings. The van der Waals surface area contributed by atoms with Crippen molar-refractivity contribution < 1.29 is 49.0 Å². The van der Waals surface area contributed by atoms with Crippen LogP contribution in [0.5, 0.6) is 17.2 Å². The lowest BCUT2D eigenvalue weighted by Crippen LogP contribution is -2.46. The number of hydrogen-bond donors (Lipinski definition) is 6. The molecule has 0 unspecified atom stereocenters. The van der Waals surface area contributed by atoms with E-state index < -0.39 is 17.3 Å². The number of nitrogens with two attached hydrogens (primary N) is 2. The Kier molecular flexibility index (Phi) is 19.3. The number of amides is 1. The fraction of sp³-hybridized carbons (Fsp3) is 0.422. The third-order valence-electron chi connectivity index (χ3n) is 10.3. The van der Waals surface area contributed by atoms with E-state index in [-0.39, 0.29) is 19.7 Å². The van der Waals surface area contributed by atoms with Crippen molar-refractivity contribution in [2.75, 3.05) is 39.5 Å². The standard InChI is InChI=1S/C40H48N4O7.C4H10O.CH2O2/c1-26-17-31(20-41)37(50-23-29-18-32(38(42)46)22-43-21-29)19-36(26)51-24-30-7-4-8-33(27(30)2)34-9-5-10-35(28(34)3)49-16-6-13-44-14-11-40(25-45,12-15-44)39(47)48;1-4(2)3-5;2-1-3/h4-5,7-10,17-19,21-22,45H,6,11-16,20,23-25,41H2,1-3H3,(H2,42,46)(H,47,48);4-5H,3H2,1-2H3;1H,(H,2,3). The Hall–Kier alpha value is -5.54. The molecule has 1 aromatic heterocycles. The van der Waals surface area contributed by atoms with Gasteiger partial charge in [0.05, 0.1) is 24.2 Å². The van der Waals surface area contributed by atoms with E-state index in [0.717, 1.165) is 57.7 Å². The van der Waals surface area contributed by atoms with E-state index in [1.807, 2.05) is 51.1 Å². The number of pyridine rings is 1. The maximum Gasteiger partial charge on any atom is 0.312 e. The number of nitrogens with zero attached hydrogens (tertiary/aromatic N) is 2. The molecule has 0 bridgehead atoms. The first-order valence-corrected chi connectivity index (χ1v) is 19.6. The van der Waals surface area contributed by atoms with Gasteiger partial charge in [0.15, 0.2) is 0 Å². The number of carboxylic acid groups (broad SMARTS) is 2. The maximum absolute atomic E-state index is 11.6. The van der Waals surface area contributed by atoms with Gasteiger partial charge in [0.2, 0.25) is 5.91 Å². The highest BCUT2D eigenvalue weighted by molar-refractivity contribution is 5.92. The van der Waals surface area contributed by atoms with E-state index in [4.69, 9.17) is 40.7 Å². The molecule has 2 heterocycles. The van der Waals surface area contributed by atoms with Gasteiger partial charge in [0.1, 0.15) is 30.5 Å². The minimum atomic E-state index is -1.01. The van der Waals surface area contributed by atoms with E-state index in [2.05, 4.69) is 41.9 Å². The lowest BCUT2D eigenvalue weighted by molar-refractivity contribution is -0.155. The largest absolute Gasteiger partial charge is 0.493 e. The predicted molar refractivity (Wildman–Crippen MR) is 225 cm³/mol. The molecule has 3 aromatic carbocycles. The van der Waals surface area contributed by atoms with Gasteiger partial charge < -0.3 is 51.0 Å². The van der Waals surface area contributed by atoms with Crippen LogP contribution in [-0.2, 0) is 29.3 Å². The van der Waals surface area contributed by atoms with Crippen molar-refractivity contribution in [2.24, 2.45) is 22.8 Å². The SMILES string of the molecule is CC(C)CO.Cc1cc(CN)c(OCc2cncc(C(N)=O)c2)cc1OCc1cccc(-c2cccc(OCCCN3CCC(CO)(C(=O)O)CC3)c2C)c1C.O=CO. The normalized spacial score (nSPS) is 13.3. The lowest BCUT2D eigenvalue weighted by Gasteiger charge is -2.37. The van der Waals surface area contributed by atoms with Crippen molar-refractivity contribution in [3.63, 3.8) is 0 Å². The number of rotatable bonds is 17. The fourth-order valence-electron chi connectivity index (χ4n) is 6.51. The van der Waals surface area contributed by atoms with Crippen LogP contribution in [0.1, 0.15) is 76.8 Å². The van der Waals surface area contributed by atoms with Crippen LogP contribution in [0.3, 0.4) is 0 Å².